The summed E-state index contributed by atoms with van der Waals surface area (Å²) < 4.78 is 0. The topological polar surface area (TPSA) is 57.6 Å². The van der Waals surface area contributed by atoms with Crippen molar-refractivity contribution >= 4 is 11.9 Å². The van der Waals surface area contributed by atoms with E-state index < -0.39 is 11.9 Å². The molecule has 0 aromatic rings. The van der Waals surface area contributed by atoms with Crippen LogP contribution in [0.1, 0.15) is 33.6 Å². The third-order valence-electron chi connectivity index (χ3n) is 4.50. The Kier molecular flexibility index (Phi) is 2.92. The monoisotopic (exact) mass is 239 g/mol. The van der Waals surface area contributed by atoms with Crippen molar-refractivity contribution in [2.24, 2.45) is 23.2 Å². The van der Waals surface area contributed by atoms with Crippen molar-refractivity contribution in [3.63, 3.8) is 0 Å². The van der Waals surface area contributed by atoms with Gasteiger partial charge in [-0.3, -0.25) is 9.59 Å². The molecule has 0 radical (unpaired) electrons. The number of aliphatic carboxylic acids is 1. The van der Waals surface area contributed by atoms with Crippen LogP contribution < -0.4 is 0 Å². The van der Waals surface area contributed by atoms with Gasteiger partial charge in [0, 0.05) is 13.1 Å². The zero-order valence-corrected chi connectivity index (χ0v) is 10.8. The number of carboxylic acid groups (broad SMARTS) is 1. The quantitative estimate of drug-likeness (QED) is 0.796. The lowest BCUT2D eigenvalue weighted by atomic mass is 9.75. The van der Waals surface area contributed by atoms with E-state index in [9.17, 15) is 9.59 Å². The Balaban J connectivity index is 1.96. The maximum atomic E-state index is 12.1. The molecule has 17 heavy (non-hydrogen) atoms. The van der Waals surface area contributed by atoms with E-state index in [1.54, 1.807) is 0 Å². The molecule has 2 rings (SSSR count). The van der Waals surface area contributed by atoms with Crippen molar-refractivity contribution < 1.29 is 14.7 Å². The molecule has 1 amide bonds. The van der Waals surface area contributed by atoms with Crippen LogP contribution >= 0.6 is 0 Å². The van der Waals surface area contributed by atoms with Gasteiger partial charge in [0.1, 0.15) is 0 Å². The largest absolute Gasteiger partial charge is 0.481 e. The van der Waals surface area contributed by atoms with Crippen molar-refractivity contribution in [1.29, 1.82) is 0 Å². The van der Waals surface area contributed by atoms with Gasteiger partial charge in [-0.25, -0.2) is 0 Å². The van der Waals surface area contributed by atoms with Crippen molar-refractivity contribution in [3.05, 3.63) is 0 Å². The van der Waals surface area contributed by atoms with Gasteiger partial charge in [-0.2, -0.15) is 0 Å². The van der Waals surface area contributed by atoms with Crippen LogP contribution in [0.2, 0.25) is 0 Å². The third-order valence-corrected chi connectivity index (χ3v) is 4.50. The van der Waals surface area contributed by atoms with Gasteiger partial charge in [-0.1, -0.05) is 20.8 Å². The van der Waals surface area contributed by atoms with Crippen molar-refractivity contribution in [3.8, 4) is 0 Å². The minimum absolute atomic E-state index is 0.0531. The molecular weight excluding hydrogens is 218 g/mol. The van der Waals surface area contributed by atoms with Gasteiger partial charge in [0.15, 0.2) is 0 Å². The highest BCUT2D eigenvalue weighted by molar-refractivity contribution is 5.89. The molecule has 4 heteroatoms. The molecule has 0 aromatic carbocycles. The first-order valence-corrected chi connectivity index (χ1v) is 6.34. The maximum absolute atomic E-state index is 12.1. The Hall–Kier alpha value is -1.06. The van der Waals surface area contributed by atoms with Gasteiger partial charge in [-0.15, -0.1) is 0 Å². The molecular formula is C13H21NO3. The number of piperidine rings is 1. The van der Waals surface area contributed by atoms with E-state index in [0.29, 0.717) is 12.3 Å². The summed E-state index contributed by atoms with van der Waals surface area (Å²) in [7, 11) is 0. The molecule has 1 saturated heterocycles. The van der Waals surface area contributed by atoms with Crippen LogP contribution in [-0.2, 0) is 9.59 Å². The second-order valence-corrected chi connectivity index (χ2v) is 6.23. The first-order chi connectivity index (χ1) is 7.83. The summed E-state index contributed by atoms with van der Waals surface area (Å²) in [5, 5.41) is 8.84. The van der Waals surface area contributed by atoms with E-state index in [-0.39, 0.29) is 17.2 Å². The van der Waals surface area contributed by atoms with Gasteiger partial charge in [0.05, 0.1) is 11.8 Å². The summed E-state index contributed by atoms with van der Waals surface area (Å²) in [6.07, 6.45) is 1.55. The Morgan fingerprint density at radius 2 is 1.94 bits per heavy atom. The molecule has 1 heterocycles. The summed E-state index contributed by atoms with van der Waals surface area (Å²) >= 11 is 0. The molecule has 1 aliphatic heterocycles. The SMILES string of the molecule is CC1CCN(C(=O)C2CC2C(=O)O)CC1(C)C. The minimum atomic E-state index is -0.826. The standard InChI is InChI=1S/C13H21NO3/c1-8-4-5-14(7-13(8,2)3)11(15)9-6-10(9)12(16)17/h8-10H,4-7H2,1-3H3,(H,16,17). The van der Waals surface area contributed by atoms with Crippen LogP contribution in [0.3, 0.4) is 0 Å². The first-order valence-electron chi connectivity index (χ1n) is 6.34. The molecule has 2 fully saturated rings. The van der Waals surface area contributed by atoms with Crippen molar-refractivity contribution in [2.45, 2.75) is 33.6 Å². The number of carbonyl (C=O) groups excluding carboxylic acids is 1. The molecule has 1 N–H and O–H groups in total. The summed E-state index contributed by atoms with van der Waals surface area (Å²) in [6, 6.07) is 0. The fourth-order valence-electron chi connectivity index (χ4n) is 2.63. The number of carbonyl (C=O) groups is 2. The van der Waals surface area contributed by atoms with Crippen LogP contribution in [0.15, 0.2) is 0 Å². The zero-order chi connectivity index (χ0) is 12.8. The van der Waals surface area contributed by atoms with E-state index in [1.807, 2.05) is 4.90 Å². The molecule has 3 atom stereocenters. The van der Waals surface area contributed by atoms with Crippen molar-refractivity contribution in [2.75, 3.05) is 13.1 Å². The Labute approximate surface area is 102 Å². The Morgan fingerprint density at radius 1 is 1.29 bits per heavy atom. The predicted molar refractivity (Wildman–Crippen MR) is 63.4 cm³/mol. The highest BCUT2D eigenvalue weighted by Crippen LogP contribution is 2.42. The second kappa shape index (κ2) is 4.00. The average molecular weight is 239 g/mol. The number of rotatable bonds is 2. The number of carboxylic acids is 1. The van der Waals surface area contributed by atoms with Gasteiger partial charge in [0.2, 0.25) is 5.91 Å². The fourth-order valence-corrected chi connectivity index (χ4v) is 2.63. The number of nitrogens with zero attached hydrogens (tertiary/aromatic N) is 1. The van der Waals surface area contributed by atoms with Gasteiger partial charge in [0.25, 0.3) is 0 Å². The van der Waals surface area contributed by atoms with Crippen molar-refractivity contribution in [1.82, 2.24) is 4.90 Å². The normalized spacial score (nSPS) is 35.5. The summed E-state index contributed by atoms with van der Waals surface area (Å²) in [5.74, 6) is -0.840. The van der Waals surface area contributed by atoms with E-state index in [2.05, 4.69) is 20.8 Å². The van der Waals surface area contributed by atoms with Gasteiger partial charge >= 0.3 is 5.97 Å². The summed E-state index contributed by atoms with van der Waals surface area (Å²) in [5.41, 5.74) is 0.140. The first kappa shape index (κ1) is 12.4. The molecule has 96 valence electrons. The smallest absolute Gasteiger partial charge is 0.307 e. The maximum Gasteiger partial charge on any atom is 0.307 e. The molecule has 0 aromatic heterocycles. The average Bonchev–Trinajstić information content (AvgIpc) is 3.00. The summed E-state index contributed by atoms with van der Waals surface area (Å²) in [6.45, 7) is 8.12. The third kappa shape index (κ3) is 2.31. The number of likely N-dealkylation sites (tertiary alicyclic amines) is 1. The highest BCUT2D eigenvalue weighted by Gasteiger charge is 2.50. The molecule has 0 bridgehead atoms. The molecule has 1 aliphatic carbocycles. The van der Waals surface area contributed by atoms with Gasteiger partial charge < -0.3 is 10.0 Å². The predicted octanol–water partition coefficient (Wildman–Crippen LogP) is 1.60. The number of amides is 1. The molecule has 3 unspecified atom stereocenters. The van der Waals surface area contributed by atoms with Crippen LogP contribution in [0.4, 0.5) is 0 Å². The van der Waals surface area contributed by atoms with Crippen LogP contribution in [-0.4, -0.2) is 35.0 Å². The van der Waals surface area contributed by atoms with Crippen LogP contribution in [0.25, 0.3) is 0 Å². The number of hydrogen-bond donors (Lipinski definition) is 1. The minimum Gasteiger partial charge on any atom is -0.481 e. The van der Waals surface area contributed by atoms with Crippen LogP contribution in [0, 0.1) is 23.2 Å². The van der Waals surface area contributed by atoms with E-state index in [1.165, 1.54) is 0 Å². The lowest BCUT2D eigenvalue weighted by molar-refractivity contribution is -0.143. The fraction of sp³-hybridized carbons (Fsp3) is 0.846. The lowest BCUT2D eigenvalue weighted by Crippen LogP contribution is -2.48. The Morgan fingerprint density at radius 3 is 2.41 bits per heavy atom. The molecule has 4 nitrogen and oxygen atoms in total. The van der Waals surface area contributed by atoms with E-state index in [0.717, 1.165) is 19.5 Å². The van der Waals surface area contributed by atoms with E-state index in [4.69, 9.17) is 5.11 Å². The zero-order valence-electron chi connectivity index (χ0n) is 10.8. The molecule has 0 spiro atoms. The molecule has 1 saturated carbocycles. The summed E-state index contributed by atoms with van der Waals surface area (Å²) in [4.78, 5) is 24.8. The highest BCUT2D eigenvalue weighted by atomic mass is 16.4. The van der Waals surface area contributed by atoms with Gasteiger partial charge in [-0.05, 0) is 24.2 Å². The lowest BCUT2D eigenvalue weighted by Gasteiger charge is -2.43. The number of hydrogen-bond acceptors (Lipinski definition) is 2. The van der Waals surface area contributed by atoms with E-state index >= 15 is 0 Å². The Bertz CT molecular complexity index is 351. The molecule has 2 aliphatic rings. The second-order valence-electron chi connectivity index (χ2n) is 6.23. The van der Waals surface area contributed by atoms with Crippen LogP contribution in [0.5, 0.6) is 0 Å².